The second kappa shape index (κ2) is 7.16. The molecule has 0 radical (unpaired) electrons. The van der Waals surface area contributed by atoms with Gasteiger partial charge < -0.3 is 0 Å². The zero-order valence-corrected chi connectivity index (χ0v) is 14.2. The van der Waals surface area contributed by atoms with Crippen LogP contribution < -0.4 is 0 Å². The number of pyridine rings is 1. The lowest BCUT2D eigenvalue weighted by Gasteiger charge is -2.07. The minimum absolute atomic E-state index is 0.00752. The van der Waals surface area contributed by atoms with Gasteiger partial charge in [0.2, 0.25) is 0 Å². The SMILES string of the molecule is O=C(C=Cc1ccccc1-c1ccc2ccccc2n1)c1ccccc1. The van der Waals surface area contributed by atoms with Gasteiger partial charge in [-0.15, -0.1) is 0 Å². The summed E-state index contributed by atoms with van der Waals surface area (Å²) in [7, 11) is 0. The summed E-state index contributed by atoms with van der Waals surface area (Å²) in [5.41, 5.74) is 4.53. The van der Waals surface area contributed by atoms with Gasteiger partial charge in [0.05, 0.1) is 11.2 Å². The maximum absolute atomic E-state index is 12.3. The molecular formula is C24H17NO. The first kappa shape index (κ1) is 16.0. The van der Waals surface area contributed by atoms with Crippen molar-refractivity contribution in [3.63, 3.8) is 0 Å². The molecule has 1 heterocycles. The van der Waals surface area contributed by atoms with E-state index in [2.05, 4.69) is 12.1 Å². The Morgan fingerprint density at radius 1 is 0.731 bits per heavy atom. The molecule has 4 aromatic rings. The fourth-order valence-electron chi connectivity index (χ4n) is 2.96. The third-order valence-corrected chi connectivity index (χ3v) is 4.31. The van der Waals surface area contributed by atoms with Crippen LogP contribution in [0.4, 0.5) is 0 Å². The molecule has 0 spiro atoms. The summed E-state index contributed by atoms with van der Waals surface area (Å²) in [6.45, 7) is 0. The Morgan fingerprint density at radius 2 is 1.46 bits per heavy atom. The van der Waals surface area contributed by atoms with Crippen LogP contribution in [0.25, 0.3) is 28.2 Å². The van der Waals surface area contributed by atoms with E-state index >= 15 is 0 Å². The van der Waals surface area contributed by atoms with Gasteiger partial charge in [-0.3, -0.25) is 4.79 Å². The zero-order valence-electron chi connectivity index (χ0n) is 14.2. The zero-order chi connectivity index (χ0) is 17.8. The molecule has 2 nitrogen and oxygen atoms in total. The maximum atomic E-state index is 12.3. The molecular weight excluding hydrogens is 318 g/mol. The second-order valence-electron chi connectivity index (χ2n) is 6.04. The minimum atomic E-state index is -0.00752. The highest BCUT2D eigenvalue weighted by atomic mass is 16.1. The molecule has 124 valence electrons. The lowest BCUT2D eigenvalue weighted by atomic mass is 10.0. The summed E-state index contributed by atoms with van der Waals surface area (Å²) in [6, 6.07) is 29.4. The Kier molecular flexibility index (Phi) is 4.40. The topological polar surface area (TPSA) is 30.0 Å². The number of fused-ring (bicyclic) bond motifs is 1. The van der Waals surface area contributed by atoms with Crippen molar-refractivity contribution < 1.29 is 4.79 Å². The number of allylic oxidation sites excluding steroid dienone is 1. The summed E-state index contributed by atoms with van der Waals surface area (Å²) < 4.78 is 0. The van der Waals surface area contributed by atoms with Gasteiger partial charge in [-0.05, 0) is 23.8 Å². The third kappa shape index (κ3) is 3.31. The molecule has 4 rings (SSSR count). The van der Waals surface area contributed by atoms with E-state index in [0.29, 0.717) is 5.56 Å². The van der Waals surface area contributed by atoms with Crippen molar-refractivity contribution in [2.75, 3.05) is 0 Å². The predicted octanol–water partition coefficient (Wildman–Crippen LogP) is 5.80. The molecule has 0 saturated carbocycles. The van der Waals surface area contributed by atoms with E-state index in [4.69, 9.17) is 4.98 Å². The standard InChI is InChI=1S/C24H17NO/c26-24(20-10-2-1-3-11-20)17-15-18-8-4-6-12-21(18)23-16-14-19-9-5-7-13-22(19)25-23/h1-17H. The fraction of sp³-hybridized carbons (Fsp3) is 0. The van der Waals surface area contributed by atoms with E-state index in [1.54, 1.807) is 6.08 Å². The molecule has 0 fully saturated rings. The van der Waals surface area contributed by atoms with Gasteiger partial charge in [0.15, 0.2) is 5.78 Å². The molecule has 0 amide bonds. The van der Waals surface area contributed by atoms with Crippen LogP contribution in [0, 0.1) is 0 Å². The first-order valence-corrected chi connectivity index (χ1v) is 8.54. The van der Waals surface area contributed by atoms with Crippen molar-refractivity contribution in [3.05, 3.63) is 108 Å². The number of rotatable bonds is 4. The van der Waals surface area contributed by atoms with Gasteiger partial charge >= 0.3 is 0 Å². The molecule has 1 aromatic heterocycles. The highest BCUT2D eigenvalue weighted by Gasteiger charge is 2.06. The molecule has 0 saturated heterocycles. The van der Waals surface area contributed by atoms with Crippen molar-refractivity contribution in [2.24, 2.45) is 0 Å². The number of ketones is 1. The first-order valence-electron chi connectivity index (χ1n) is 8.54. The molecule has 0 aliphatic carbocycles. The second-order valence-corrected chi connectivity index (χ2v) is 6.04. The summed E-state index contributed by atoms with van der Waals surface area (Å²) in [5, 5.41) is 1.11. The quantitative estimate of drug-likeness (QED) is 0.348. The number of benzene rings is 3. The average molecular weight is 335 g/mol. The summed E-state index contributed by atoms with van der Waals surface area (Å²) in [5.74, 6) is -0.00752. The minimum Gasteiger partial charge on any atom is -0.289 e. The normalized spacial score (nSPS) is 11.1. The Labute approximate surface area is 152 Å². The van der Waals surface area contributed by atoms with Crippen molar-refractivity contribution in [2.45, 2.75) is 0 Å². The largest absolute Gasteiger partial charge is 0.289 e. The Bertz CT molecular complexity index is 1100. The number of nitrogens with zero attached hydrogens (tertiary/aromatic N) is 1. The van der Waals surface area contributed by atoms with Crippen LogP contribution in [0.1, 0.15) is 15.9 Å². The van der Waals surface area contributed by atoms with Crippen LogP contribution in [0.5, 0.6) is 0 Å². The molecule has 0 bridgehead atoms. The van der Waals surface area contributed by atoms with Gasteiger partial charge in [0.25, 0.3) is 0 Å². The highest BCUT2D eigenvalue weighted by molar-refractivity contribution is 6.07. The first-order chi connectivity index (χ1) is 12.8. The molecule has 0 unspecified atom stereocenters. The van der Waals surface area contributed by atoms with Crippen molar-refractivity contribution in [1.82, 2.24) is 4.98 Å². The monoisotopic (exact) mass is 335 g/mol. The number of carbonyl (C=O) groups is 1. The van der Waals surface area contributed by atoms with Crippen molar-refractivity contribution >= 4 is 22.8 Å². The van der Waals surface area contributed by atoms with Gasteiger partial charge in [-0.2, -0.15) is 0 Å². The van der Waals surface area contributed by atoms with E-state index in [9.17, 15) is 4.79 Å². The number of para-hydroxylation sites is 1. The summed E-state index contributed by atoms with van der Waals surface area (Å²) >= 11 is 0. The number of hydrogen-bond acceptors (Lipinski definition) is 2. The fourth-order valence-corrected chi connectivity index (χ4v) is 2.96. The lowest BCUT2D eigenvalue weighted by Crippen LogP contribution is -1.93. The van der Waals surface area contributed by atoms with E-state index in [0.717, 1.165) is 27.7 Å². The van der Waals surface area contributed by atoms with Gasteiger partial charge in [-0.25, -0.2) is 4.98 Å². The number of carbonyl (C=O) groups excluding carboxylic acids is 1. The summed E-state index contributed by atoms with van der Waals surface area (Å²) in [6.07, 6.45) is 3.48. The molecule has 3 aromatic carbocycles. The number of aromatic nitrogens is 1. The molecule has 0 N–H and O–H groups in total. The van der Waals surface area contributed by atoms with Gasteiger partial charge in [0.1, 0.15) is 0 Å². The van der Waals surface area contributed by atoms with E-state index in [-0.39, 0.29) is 5.78 Å². The van der Waals surface area contributed by atoms with Crippen LogP contribution >= 0.6 is 0 Å². The maximum Gasteiger partial charge on any atom is 0.185 e. The van der Waals surface area contributed by atoms with Crippen molar-refractivity contribution in [3.8, 4) is 11.3 Å². The number of hydrogen-bond donors (Lipinski definition) is 0. The third-order valence-electron chi connectivity index (χ3n) is 4.31. The van der Waals surface area contributed by atoms with Crippen LogP contribution in [0.2, 0.25) is 0 Å². The van der Waals surface area contributed by atoms with Crippen LogP contribution in [0.3, 0.4) is 0 Å². The van der Waals surface area contributed by atoms with Crippen LogP contribution in [-0.4, -0.2) is 10.8 Å². The van der Waals surface area contributed by atoms with Crippen LogP contribution in [0.15, 0.2) is 97.1 Å². The Balaban J connectivity index is 1.70. The average Bonchev–Trinajstić information content (AvgIpc) is 2.72. The highest BCUT2D eigenvalue weighted by Crippen LogP contribution is 2.25. The lowest BCUT2D eigenvalue weighted by molar-refractivity contribution is 0.104. The Morgan fingerprint density at radius 3 is 2.35 bits per heavy atom. The smallest absolute Gasteiger partial charge is 0.185 e. The molecule has 0 atom stereocenters. The van der Waals surface area contributed by atoms with Crippen LogP contribution in [-0.2, 0) is 0 Å². The molecule has 0 aliphatic rings. The molecule has 26 heavy (non-hydrogen) atoms. The van der Waals surface area contributed by atoms with E-state index in [1.807, 2.05) is 84.9 Å². The predicted molar refractivity (Wildman–Crippen MR) is 107 cm³/mol. The molecule has 2 heteroatoms. The van der Waals surface area contributed by atoms with Crippen molar-refractivity contribution in [1.29, 1.82) is 0 Å². The Hall–Kier alpha value is -3.52. The molecule has 0 aliphatic heterocycles. The van der Waals surface area contributed by atoms with E-state index in [1.165, 1.54) is 0 Å². The van der Waals surface area contributed by atoms with E-state index < -0.39 is 0 Å². The van der Waals surface area contributed by atoms with Gasteiger partial charge in [0, 0.05) is 16.5 Å². The van der Waals surface area contributed by atoms with Gasteiger partial charge in [-0.1, -0.05) is 84.9 Å². The summed E-state index contributed by atoms with van der Waals surface area (Å²) in [4.78, 5) is 17.1.